The Morgan fingerprint density at radius 3 is 3.00 bits per heavy atom. The van der Waals surface area contributed by atoms with Crippen LogP contribution >= 0.6 is 0 Å². The Kier molecular flexibility index (Phi) is 4.09. The Hall–Kier alpha value is -3.27. The number of nitriles is 1. The van der Waals surface area contributed by atoms with Crippen molar-refractivity contribution in [3.8, 4) is 17.5 Å². The number of hydrogen-bond donors (Lipinski definition) is 0. The number of aromatic nitrogens is 3. The number of carbonyl (C=O) groups excluding carboxylic acids is 1. The van der Waals surface area contributed by atoms with Gasteiger partial charge in [0, 0.05) is 37.3 Å². The van der Waals surface area contributed by atoms with E-state index < -0.39 is 5.82 Å². The molecule has 0 N–H and O–H groups in total. The van der Waals surface area contributed by atoms with E-state index >= 15 is 0 Å². The van der Waals surface area contributed by atoms with Gasteiger partial charge in [0.25, 0.3) is 0 Å². The Morgan fingerprint density at radius 2 is 2.23 bits per heavy atom. The molecule has 0 aliphatic carbocycles. The van der Waals surface area contributed by atoms with Crippen LogP contribution in [-0.2, 0) is 0 Å². The molecular formula is C19H16FN5O. The average Bonchev–Trinajstić information content (AvgIpc) is 3.29. The van der Waals surface area contributed by atoms with Gasteiger partial charge in [-0.15, -0.1) is 0 Å². The summed E-state index contributed by atoms with van der Waals surface area (Å²) in [4.78, 5) is 18.5. The second kappa shape index (κ2) is 6.56. The second-order valence-corrected chi connectivity index (χ2v) is 6.47. The van der Waals surface area contributed by atoms with E-state index in [9.17, 15) is 9.18 Å². The highest BCUT2D eigenvalue weighted by Gasteiger charge is 2.25. The maximum Gasteiger partial charge on any atom is 0.179 e. The summed E-state index contributed by atoms with van der Waals surface area (Å²) < 4.78 is 16.2. The van der Waals surface area contributed by atoms with Gasteiger partial charge in [-0.2, -0.15) is 10.4 Å². The van der Waals surface area contributed by atoms with Crippen molar-refractivity contribution in [1.82, 2.24) is 19.5 Å². The number of benzene rings is 1. The molecule has 0 spiro atoms. The summed E-state index contributed by atoms with van der Waals surface area (Å²) in [5.41, 5.74) is 2.00. The third-order valence-corrected chi connectivity index (χ3v) is 4.72. The second-order valence-electron chi connectivity index (χ2n) is 6.47. The first-order valence-corrected chi connectivity index (χ1v) is 8.42. The van der Waals surface area contributed by atoms with Gasteiger partial charge in [-0.1, -0.05) is 6.07 Å². The molecule has 4 rings (SSSR count). The van der Waals surface area contributed by atoms with Crippen LogP contribution in [0.5, 0.6) is 0 Å². The van der Waals surface area contributed by atoms with Crippen LogP contribution in [0.4, 0.5) is 4.39 Å². The van der Waals surface area contributed by atoms with E-state index in [-0.39, 0.29) is 23.7 Å². The van der Waals surface area contributed by atoms with Gasteiger partial charge in [-0.05, 0) is 30.5 Å². The summed E-state index contributed by atoms with van der Waals surface area (Å²) in [7, 11) is 0. The number of carbonyl (C=O) groups is 1. The van der Waals surface area contributed by atoms with Crippen LogP contribution in [0.2, 0.25) is 0 Å². The van der Waals surface area contributed by atoms with Gasteiger partial charge in [0.1, 0.15) is 5.82 Å². The van der Waals surface area contributed by atoms with Crippen molar-refractivity contribution in [2.24, 2.45) is 5.92 Å². The first-order valence-electron chi connectivity index (χ1n) is 8.42. The van der Waals surface area contributed by atoms with Crippen molar-refractivity contribution in [3.05, 3.63) is 54.1 Å². The van der Waals surface area contributed by atoms with Gasteiger partial charge in [-0.25, -0.2) is 13.9 Å². The van der Waals surface area contributed by atoms with E-state index in [2.05, 4.69) is 16.3 Å². The van der Waals surface area contributed by atoms with Gasteiger partial charge in [0.05, 0.1) is 17.5 Å². The zero-order chi connectivity index (χ0) is 18.1. The predicted octanol–water partition coefficient (Wildman–Crippen LogP) is 2.91. The van der Waals surface area contributed by atoms with Crippen LogP contribution in [0.1, 0.15) is 23.2 Å². The molecule has 1 saturated heterocycles. The predicted molar refractivity (Wildman–Crippen MR) is 92.6 cm³/mol. The quantitative estimate of drug-likeness (QED) is 0.535. The van der Waals surface area contributed by atoms with Gasteiger partial charge in [-0.3, -0.25) is 4.79 Å². The van der Waals surface area contributed by atoms with E-state index in [1.807, 2.05) is 0 Å². The van der Waals surface area contributed by atoms with Crippen molar-refractivity contribution in [2.45, 2.75) is 12.8 Å². The molecule has 3 heterocycles. The van der Waals surface area contributed by atoms with Crippen LogP contribution < -0.4 is 0 Å². The molecule has 1 atom stereocenters. The number of Topliss-reactive ketones (excluding diaryl/α,β-unsaturated/α-hetero) is 1. The van der Waals surface area contributed by atoms with E-state index in [0.29, 0.717) is 30.0 Å². The summed E-state index contributed by atoms with van der Waals surface area (Å²) in [6, 6.07) is 8.10. The van der Waals surface area contributed by atoms with E-state index in [0.717, 1.165) is 6.42 Å². The van der Waals surface area contributed by atoms with Crippen LogP contribution in [0.25, 0.3) is 16.9 Å². The smallest absolute Gasteiger partial charge is 0.179 e. The van der Waals surface area contributed by atoms with Crippen molar-refractivity contribution < 1.29 is 9.18 Å². The largest absolute Gasteiger partial charge is 0.310 e. The molecule has 0 saturated carbocycles. The highest BCUT2D eigenvalue weighted by atomic mass is 19.1. The van der Waals surface area contributed by atoms with Gasteiger partial charge in [0.15, 0.2) is 17.6 Å². The maximum absolute atomic E-state index is 14.5. The van der Waals surface area contributed by atoms with Crippen LogP contribution in [0.3, 0.4) is 0 Å². The molecule has 0 radical (unpaired) electrons. The highest BCUT2D eigenvalue weighted by Crippen LogP contribution is 2.25. The lowest BCUT2D eigenvalue weighted by Crippen LogP contribution is -2.16. The first-order chi connectivity index (χ1) is 12.6. The molecule has 7 heteroatoms. The summed E-state index contributed by atoms with van der Waals surface area (Å²) in [5.74, 6) is -0.664. The number of fused-ring (bicyclic) bond motifs is 1. The van der Waals surface area contributed by atoms with E-state index in [1.165, 1.54) is 12.1 Å². The molecular weight excluding hydrogens is 333 g/mol. The molecule has 1 fully saturated rings. The average molecular weight is 349 g/mol. The molecule has 1 aromatic carbocycles. The van der Waals surface area contributed by atoms with Crippen molar-refractivity contribution >= 4 is 11.4 Å². The Bertz CT molecular complexity index is 1020. The van der Waals surface area contributed by atoms with Crippen LogP contribution in [0, 0.1) is 23.2 Å². The van der Waals surface area contributed by atoms with Crippen molar-refractivity contribution in [2.75, 3.05) is 13.1 Å². The standard InChI is InChI=1S/C19H16FN5O/c20-16-10-14(17-5-8-25-19(23-17)3-6-22-25)1-2-15(16)18(26)9-13-4-7-24(11-13)12-21/h1-3,5-6,8,10,13H,4,7,9,11H2/t13-/m0/s1. The SMILES string of the molecule is N#CN1CC[C@@H](CC(=O)c2ccc(-c3ccn4nccc4n3)cc2F)C1. The summed E-state index contributed by atoms with van der Waals surface area (Å²) in [6.45, 7) is 1.23. The molecule has 0 amide bonds. The van der Waals surface area contributed by atoms with Crippen LogP contribution in [-0.4, -0.2) is 38.4 Å². The Morgan fingerprint density at radius 1 is 1.35 bits per heavy atom. The lowest BCUT2D eigenvalue weighted by atomic mass is 9.96. The molecule has 26 heavy (non-hydrogen) atoms. The maximum atomic E-state index is 14.5. The molecule has 3 aromatic rings. The lowest BCUT2D eigenvalue weighted by molar-refractivity contribution is 0.0959. The minimum absolute atomic E-state index is 0.0922. The molecule has 6 nitrogen and oxygen atoms in total. The number of nitrogens with zero attached hydrogens (tertiary/aromatic N) is 5. The fourth-order valence-electron chi connectivity index (χ4n) is 3.34. The molecule has 1 aliphatic rings. The van der Waals surface area contributed by atoms with E-state index in [1.54, 1.807) is 40.0 Å². The van der Waals surface area contributed by atoms with Crippen molar-refractivity contribution in [1.29, 1.82) is 5.26 Å². The third-order valence-electron chi connectivity index (χ3n) is 4.72. The number of ketones is 1. The van der Waals surface area contributed by atoms with E-state index in [4.69, 9.17) is 5.26 Å². The molecule has 1 aliphatic heterocycles. The lowest BCUT2D eigenvalue weighted by Gasteiger charge is -2.10. The van der Waals surface area contributed by atoms with Gasteiger partial charge >= 0.3 is 0 Å². The molecule has 0 bridgehead atoms. The van der Waals surface area contributed by atoms with Gasteiger partial charge < -0.3 is 4.90 Å². The Balaban J connectivity index is 1.54. The normalized spacial score (nSPS) is 16.8. The topological polar surface area (TPSA) is 74.3 Å². The number of hydrogen-bond acceptors (Lipinski definition) is 5. The monoisotopic (exact) mass is 349 g/mol. The molecule has 2 aromatic heterocycles. The van der Waals surface area contributed by atoms with Crippen molar-refractivity contribution in [3.63, 3.8) is 0 Å². The number of halogens is 1. The number of likely N-dealkylation sites (tertiary alicyclic amines) is 1. The molecule has 0 unspecified atom stereocenters. The Labute approximate surface area is 149 Å². The fraction of sp³-hybridized carbons (Fsp3) is 0.263. The minimum Gasteiger partial charge on any atom is -0.310 e. The molecule has 130 valence electrons. The summed E-state index contributed by atoms with van der Waals surface area (Å²) in [6.07, 6.45) is 6.54. The van der Waals surface area contributed by atoms with Gasteiger partial charge in [0.2, 0.25) is 0 Å². The zero-order valence-corrected chi connectivity index (χ0v) is 14.0. The summed E-state index contributed by atoms with van der Waals surface area (Å²) in [5, 5.41) is 13.0. The highest BCUT2D eigenvalue weighted by molar-refractivity contribution is 5.97. The third kappa shape index (κ3) is 3.02. The number of rotatable bonds is 4. The van der Waals surface area contributed by atoms with Crippen LogP contribution in [0.15, 0.2) is 42.7 Å². The fourth-order valence-corrected chi connectivity index (χ4v) is 3.34. The first kappa shape index (κ1) is 16.2. The summed E-state index contributed by atoms with van der Waals surface area (Å²) >= 11 is 0. The zero-order valence-electron chi connectivity index (χ0n) is 14.0. The minimum atomic E-state index is -0.544.